The first-order valence-electron chi connectivity index (χ1n) is 13.3. The highest BCUT2D eigenvalue weighted by Gasteiger charge is 3.03. The molecule has 0 spiro atoms. The van der Waals surface area contributed by atoms with Crippen LogP contribution in [0.5, 0.6) is 0 Å². The molecule has 0 aromatic heterocycles. The SMILES string of the molecule is O=P(O)(C(F)(F)C(F)(F)C(F)(F)C(F)(F)C(F)(F)C(F)(F)C(F)(F)C(F)(F)C(F)(F)C(F)(F)F)C(F)(F)C(F)(F)C(F)(F)C(F)(F)C(F)(F)C(F)(F)C(F)(F)C(F)(F)C(F)(F)C(F)(F)F. The first-order chi connectivity index (χ1) is 27.0. The van der Waals surface area contributed by atoms with Crippen LogP contribution in [0.25, 0.3) is 0 Å². The molecule has 1 N–H and O–H groups in total. The molecule has 0 bridgehead atoms. The van der Waals surface area contributed by atoms with E-state index in [1.165, 1.54) is 0 Å². The molecule has 2 nitrogen and oxygen atoms in total. The third-order valence-electron chi connectivity index (χ3n) is 7.75. The van der Waals surface area contributed by atoms with Gasteiger partial charge in [-0.05, 0) is 0 Å². The Morgan fingerprint density at radius 1 is 0.185 bits per heavy atom. The van der Waals surface area contributed by atoms with Gasteiger partial charge in [-0.15, -0.1) is 0 Å². The van der Waals surface area contributed by atoms with Crippen molar-refractivity contribution in [3.05, 3.63) is 0 Å². The third-order valence-corrected chi connectivity index (χ3v) is 9.83. The summed E-state index contributed by atoms with van der Waals surface area (Å²) in [4.78, 5) is 8.48. The van der Waals surface area contributed by atoms with Crippen molar-refractivity contribution < 1.29 is 194 Å². The maximum absolute atomic E-state index is 14.2. The lowest BCUT2D eigenvalue weighted by Gasteiger charge is -2.46. The molecule has 0 aliphatic carbocycles. The predicted octanol–water partition coefficient (Wildman–Crippen LogP) is 13.7. The van der Waals surface area contributed by atoms with Crippen LogP contribution in [-0.4, -0.2) is 123 Å². The molecule has 0 aliphatic rings. The molecule has 0 aromatic rings. The van der Waals surface area contributed by atoms with Crippen LogP contribution < -0.4 is 0 Å². The summed E-state index contributed by atoms with van der Waals surface area (Å²) in [5.41, 5.74) is -20.5. The lowest BCUT2D eigenvalue weighted by Crippen LogP contribution is -2.77. The average molecular weight is 1100 g/mol. The van der Waals surface area contributed by atoms with Crippen molar-refractivity contribution in [2.24, 2.45) is 0 Å². The van der Waals surface area contributed by atoms with E-state index in [-0.39, 0.29) is 0 Å². The van der Waals surface area contributed by atoms with Gasteiger partial charge in [-0.2, -0.15) is 184 Å². The summed E-state index contributed by atoms with van der Waals surface area (Å²) in [6, 6.07) is 0. The summed E-state index contributed by atoms with van der Waals surface area (Å²) in [6.45, 7) is 0. The van der Waals surface area contributed by atoms with Crippen LogP contribution in [0.2, 0.25) is 0 Å². The maximum Gasteiger partial charge on any atom is 0.460 e. The first kappa shape index (κ1) is 62.2. The number of rotatable bonds is 18. The fourth-order valence-corrected chi connectivity index (χ4v) is 5.05. The highest BCUT2D eigenvalue weighted by molar-refractivity contribution is 7.60. The summed E-state index contributed by atoms with van der Waals surface area (Å²) >= 11 is 0. The summed E-state index contributed by atoms with van der Waals surface area (Å²) < 4.78 is 576. The van der Waals surface area contributed by atoms with E-state index in [0.29, 0.717) is 0 Å². The van der Waals surface area contributed by atoms with Gasteiger partial charge in [0.2, 0.25) is 0 Å². The molecule has 45 heteroatoms. The van der Waals surface area contributed by atoms with Gasteiger partial charge in [-0.3, -0.25) is 4.57 Å². The standard InChI is InChI=1S/C20HF42O2P/c21-1(22,5(29,30)9(37,38)13(45,46)17(53,54)55)3(25,26)7(33,34)11(41,42)15(49,50)19(59,60)65(63,64)20(61,62)16(51,52)12(43,44)8(35,36)4(27,28)2(23,24)6(31,32)10(39,40)14(47,48)18(56,57)58/h(H,63,64). The van der Waals surface area contributed by atoms with Gasteiger partial charge in [0, 0.05) is 0 Å². The lowest BCUT2D eigenvalue weighted by atomic mass is 9.87. The molecule has 0 saturated heterocycles. The van der Waals surface area contributed by atoms with Crippen molar-refractivity contribution in [3.8, 4) is 0 Å². The minimum Gasteiger partial charge on any atom is -0.336 e. The summed E-state index contributed by atoms with van der Waals surface area (Å²) in [7, 11) is -11.7. The Hall–Kier alpha value is -2.75. The maximum atomic E-state index is 14.2. The van der Waals surface area contributed by atoms with Crippen molar-refractivity contribution >= 4 is 7.37 Å². The van der Waals surface area contributed by atoms with Gasteiger partial charge >= 0.3 is 126 Å². The molecule has 65 heavy (non-hydrogen) atoms. The van der Waals surface area contributed by atoms with Crippen molar-refractivity contribution in [1.82, 2.24) is 0 Å². The Bertz CT molecular complexity index is 1680. The number of hydrogen-bond acceptors (Lipinski definition) is 1. The van der Waals surface area contributed by atoms with E-state index in [1.54, 1.807) is 0 Å². The topological polar surface area (TPSA) is 37.3 Å². The fraction of sp³-hybridized carbons (Fsp3) is 1.00. The van der Waals surface area contributed by atoms with Crippen LogP contribution in [0.3, 0.4) is 0 Å². The predicted molar refractivity (Wildman–Crippen MR) is 111 cm³/mol. The number of halogens is 42. The Kier molecular flexibility index (Phi) is 14.0. The molecule has 0 rings (SSSR count). The van der Waals surface area contributed by atoms with E-state index in [0.717, 1.165) is 0 Å². The molecule has 0 radical (unpaired) electrons. The van der Waals surface area contributed by atoms with Crippen LogP contribution in [0.15, 0.2) is 0 Å². The van der Waals surface area contributed by atoms with E-state index in [4.69, 9.17) is 4.89 Å². The second kappa shape index (κ2) is 14.6. The molecule has 0 unspecified atom stereocenters. The van der Waals surface area contributed by atoms with E-state index in [1.807, 2.05) is 0 Å². The van der Waals surface area contributed by atoms with Crippen molar-refractivity contribution in [3.63, 3.8) is 0 Å². The van der Waals surface area contributed by atoms with Gasteiger partial charge < -0.3 is 4.89 Å². The molecule has 0 atom stereocenters. The Morgan fingerprint density at radius 3 is 0.385 bits per heavy atom. The third kappa shape index (κ3) is 6.84. The van der Waals surface area contributed by atoms with Gasteiger partial charge in [0.15, 0.2) is 0 Å². The Labute approximate surface area is 321 Å². The normalized spacial score (nSPS) is 17.5. The largest absolute Gasteiger partial charge is 0.460 e. The van der Waals surface area contributed by atoms with Crippen LogP contribution in [0, 0.1) is 0 Å². The highest BCUT2D eigenvalue weighted by Crippen LogP contribution is 2.80. The quantitative estimate of drug-likeness (QED) is 0.110. The fourth-order valence-electron chi connectivity index (χ4n) is 3.66. The molecule has 0 fully saturated rings. The minimum absolute atomic E-state index is 8.48. The van der Waals surface area contributed by atoms with Crippen LogP contribution in [0.4, 0.5) is 184 Å². The molecule has 0 aliphatic heterocycles. The summed E-state index contributed by atoms with van der Waals surface area (Å²) in [6.07, 6.45) is -17.1. The van der Waals surface area contributed by atoms with Crippen LogP contribution in [0.1, 0.15) is 0 Å². The summed E-state index contributed by atoms with van der Waals surface area (Å²) in [5.74, 6) is -161. The first-order valence-corrected chi connectivity index (χ1v) is 14.9. The molecular formula is C20HF42O2P. The van der Waals surface area contributed by atoms with Crippen LogP contribution in [-0.2, 0) is 4.57 Å². The molecule has 0 aromatic carbocycles. The summed E-state index contributed by atoms with van der Waals surface area (Å²) in [5, 5.41) is 0. The molecule has 0 saturated carbocycles. The second-order valence-electron chi connectivity index (χ2n) is 11.8. The zero-order chi connectivity index (χ0) is 54.5. The van der Waals surface area contributed by atoms with E-state index in [9.17, 15) is 189 Å². The zero-order valence-corrected chi connectivity index (χ0v) is 28.1. The van der Waals surface area contributed by atoms with Crippen LogP contribution >= 0.6 is 7.37 Å². The van der Waals surface area contributed by atoms with Gasteiger partial charge in [-0.1, -0.05) is 0 Å². The van der Waals surface area contributed by atoms with Crippen molar-refractivity contribution in [2.75, 3.05) is 0 Å². The number of hydrogen-bond donors (Lipinski definition) is 1. The zero-order valence-electron chi connectivity index (χ0n) is 27.2. The lowest BCUT2D eigenvalue weighted by molar-refractivity contribution is -0.473. The molecule has 0 heterocycles. The van der Waals surface area contributed by atoms with Gasteiger partial charge in [0.05, 0.1) is 0 Å². The highest BCUT2D eigenvalue weighted by atomic mass is 31.2. The van der Waals surface area contributed by atoms with Gasteiger partial charge in [0.1, 0.15) is 0 Å². The van der Waals surface area contributed by atoms with E-state index < -0.39 is 126 Å². The van der Waals surface area contributed by atoms with Crippen molar-refractivity contribution in [2.45, 2.75) is 118 Å². The molecular weight excluding hydrogens is 1100 g/mol. The number of alkyl halides is 42. The Balaban J connectivity index is 8.05. The molecule has 392 valence electrons. The average Bonchev–Trinajstić information content (AvgIpc) is 3.05. The van der Waals surface area contributed by atoms with E-state index >= 15 is 0 Å². The molecule has 0 amide bonds. The monoisotopic (exact) mass is 1100 g/mol. The van der Waals surface area contributed by atoms with Gasteiger partial charge in [0.25, 0.3) is 0 Å². The van der Waals surface area contributed by atoms with Crippen molar-refractivity contribution in [1.29, 1.82) is 0 Å². The minimum atomic E-state index is -11.7. The Morgan fingerprint density at radius 2 is 0.277 bits per heavy atom. The smallest absolute Gasteiger partial charge is 0.336 e. The second-order valence-corrected chi connectivity index (χ2v) is 14.1. The van der Waals surface area contributed by atoms with Gasteiger partial charge in [-0.25, -0.2) is 0 Å². The van der Waals surface area contributed by atoms with E-state index in [2.05, 4.69) is 0 Å².